The van der Waals surface area contributed by atoms with Crippen molar-refractivity contribution in [2.75, 3.05) is 13.2 Å². The minimum atomic E-state index is -0.773. The maximum absolute atomic E-state index is 12.9. The van der Waals surface area contributed by atoms with Crippen LogP contribution < -0.4 is 0 Å². The smallest absolute Gasteiger partial charge is 0.306 e. The van der Waals surface area contributed by atoms with Crippen LogP contribution in [0.3, 0.4) is 0 Å². The van der Waals surface area contributed by atoms with E-state index in [1.165, 1.54) is 250 Å². The third-order valence-corrected chi connectivity index (χ3v) is 16.2. The molecule has 83 heavy (non-hydrogen) atoms. The van der Waals surface area contributed by atoms with Crippen molar-refractivity contribution >= 4 is 17.9 Å². The Morgan fingerprint density at radius 2 is 0.470 bits per heavy atom. The Bertz CT molecular complexity index is 1520. The van der Waals surface area contributed by atoms with Crippen LogP contribution in [0.15, 0.2) is 72.9 Å². The molecule has 0 radical (unpaired) electrons. The topological polar surface area (TPSA) is 78.9 Å². The molecule has 0 aliphatic carbocycles. The van der Waals surface area contributed by atoms with Gasteiger partial charge in [0.1, 0.15) is 13.2 Å². The molecule has 0 amide bonds. The van der Waals surface area contributed by atoms with Gasteiger partial charge in [-0.15, -0.1) is 0 Å². The molecule has 1 unspecified atom stereocenters. The number of allylic oxidation sites excluding steroid dienone is 12. The quantitative estimate of drug-likeness (QED) is 0.0261. The highest BCUT2D eigenvalue weighted by Crippen LogP contribution is 2.18. The summed E-state index contributed by atoms with van der Waals surface area (Å²) in [4.78, 5) is 38.3. The van der Waals surface area contributed by atoms with Crippen molar-refractivity contribution in [1.29, 1.82) is 0 Å². The van der Waals surface area contributed by atoms with Crippen LogP contribution in [-0.2, 0) is 28.6 Å². The number of hydrogen-bond donors (Lipinski definition) is 0. The van der Waals surface area contributed by atoms with Gasteiger partial charge in [0.25, 0.3) is 0 Å². The van der Waals surface area contributed by atoms with Crippen LogP contribution in [0.5, 0.6) is 0 Å². The van der Waals surface area contributed by atoms with Gasteiger partial charge < -0.3 is 14.2 Å². The summed E-state index contributed by atoms with van der Waals surface area (Å²) in [6.45, 7) is 6.55. The summed E-state index contributed by atoms with van der Waals surface area (Å²) < 4.78 is 17.0. The molecule has 0 N–H and O–H groups in total. The Kier molecular flexibility index (Phi) is 68.6. The maximum atomic E-state index is 12.9. The van der Waals surface area contributed by atoms with Gasteiger partial charge in [0, 0.05) is 19.3 Å². The molecule has 0 aromatic rings. The van der Waals surface area contributed by atoms with Crippen LogP contribution in [0.4, 0.5) is 0 Å². The average molecular weight is 1160 g/mol. The molecule has 0 fully saturated rings. The molecule has 0 bridgehead atoms. The zero-order valence-corrected chi connectivity index (χ0v) is 55.5. The molecule has 6 heteroatoms. The molecular weight excluding hydrogens is 1020 g/mol. The number of rotatable bonds is 67. The lowest BCUT2D eigenvalue weighted by Crippen LogP contribution is -2.30. The molecule has 0 aliphatic rings. The van der Waals surface area contributed by atoms with Crippen molar-refractivity contribution in [2.45, 2.75) is 386 Å². The zero-order valence-electron chi connectivity index (χ0n) is 55.5. The van der Waals surface area contributed by atoms with Crippen LogP contribution in [0.2, 0.25) is 0 Å². The first kappa shape index (κ1) is 79.8. The highest BCUT2D eigenvalue weighted by atomic mass is 16.6. The summed E-state index contributed by atoms with van der Waals surface area (Å²) in [5, 5.41) is 0. The lowest BCUT2D eigenvalue weighted by molar-refractivity contribution is -0.167. The molecule has 0 rings (SSSR count). The summed E-state index contributed by atoms with van der Waals surface area (Å²) >= 11 is 0. The molecule has 0 spiro atoms. The fraction of sp³-hybridized carbons (Fsp3) is 0.805. The Balaban J connectivity index is 4.10. The third kappa shape index (κ3) is 69.5. The fourth-order valence-corrected chi connectivity index (χ4v) is 10.8. The van der Waals surface area contributed by atoms with E-state index in [9.17, 15) is 14.4 Å². The second-order valence-electron chi connectivity index (χ2n) is 24.5. The predicted octanol–water partition coefficient (Wildman–Crippen LogP) is 25.2. The van der Waals surface area contributed by atoms with Crippen molar-refractivity contribution in [1.82, 2.24) is 0 Å². The number of hydrogen-bond acceptors (Lipinski definition) is 6. The van der Waals surface area contributed by atoms with Crippen LogP contribution in [0, 0.1) is 0 Å². The largest absolute Gasteiger partial charge is 0.462 e. The van der Waals surface area contributed by atoms with E-state index in [1.54, 1.807) is 0 Å². The molecule has 0 heterocycles. The van der Waals surface area contributed by atoms with Gasteiger partial charge in [-0.25, -0.2) is 0 Å². The molecule has 0 aliphatic heterocycles. The van der Waals surface area contributed by atoms with Gasteiger partial charge in [-0.05, 0) is 89.9 Å². The lowest BCUT2D eigenvalue weighted by atomic mass is 10.0. The molecule has 0 aromatic heterocycles. The molecular formula is C77H138O6. The number of ether oxygens (including phenoxy) is 3. The summed E-state index contributed by atoms with van der Waals surface area (Å²) in [6, 6.07) is 0. The highest BCUT2D eigenvalue weighted by Gasteiger charge is 2.19. The van der Waals surface area contributed by atoms with Gasteiger partial charge in [0.05, 0.1) is 0 Å². The number of carbonyl (C=O) groups is 3. The van der Waals surface area contributed by atoms with E-state index >= 15 is 0 Å². The molecule has 0 saturated heterocycles. The van der Waals surface area contributed by atoms with E-state index in [1.807, 2.05) is 0 Å². The summed E-state index contributed by atoms with van der Waals surface area (Å²) in [7, 11) is 0. The minimum absolute atomic E-state index is 0.0700. The van der Waals surface area contributed by atoms with Gasteiger partial charge >= 0.3 is 17.9 Å². The van der Waals surface area contributed by atoms with Crippen molar-refractivity contribution in [3.8, 4) is 0 Å². The van der Waals surface area contributed by atoms with E-state index in [-0.39, 0.29) is 31.1 Å². The second kappa shape index (κ2) is 71.3. The fourth-order valence-electron chi connectivity index (χ4n) is 10.8. The van der Waals surface area contributed by atoms with E-state index in [2.05, 4.69) is 93.7 Å². The van der Waals surface area contributed by atoms with Crippen LogP contribution in [0.1, 0.15) is 380 Å². The lowest BCUT2D eigenvalue weighted by Gasteiger charge is -2.18. The van der Waals surface area contributed by atoms with Gasteiger partial charge in [-0.1, -0.05) is 344 Å². The van der Waals surface area contributed by atoms with Crippen molar-refractivity contribution < 1.29 is 28.6 Å². The first-order valence-electron chi connectivity index (χ1n) is 36.4. The van der Waals surface area contributed by atoms with E-state index in [4.69, 9.17) is 14.2 Å². The Hall–Kier alpha value is -3.15. The Labute approximate surface area is 516 Å². The Morgan fingerprint density at radius 3 is 0.735 bits per heavy atom. The van der Waals surface area contributed by atoms with Gasteiger partial charge in [0.2, 0.25) is 0 Å². The molecule has 0 saturated carbocycles. The average Bonchev–Trinajstić information content (AvgIpc) is 3.49. The number of carbonyl (C=O) groups excluding carboxylic acids is 3. The van der Waals surface area contributed by atoms with E-state index in [0.29, 0.717) is 19.3 Å². The minimum Gasteiger partial charge on any atom is -0.462 e. The van der Waals surface area contributed by atoms with Crippen LogP contribution in [-0.4, -0.2) is 37.2 Å². The number of esters is 3. The van der Waals surface area contributed by atoms with Crippen LogP contribution in [0.25, 0.3) is 0 Å². The predicted molar refractivity (Wildman–Crippen MR) is 362 cm³/mol. The first-order valence-corrected chi connectivity index (χ1v) is 36.4. The van der Waals surface area contributed by atoms with E-state index in [0.717, 1.165) is 89.9 Å². The SMILES string of the molecule is CC/C=C\C/C=C\C/C=C\C/C=C\CCCCCCCCCCCCCCCCC(=O)OC(COC(=O)CCCCCCCCCCC)COC(=O)CCCCCCCCCCCCCCCCCCC/C=C\C/C=C\CCCCCCC. The van der Waals surface area contributed by atoms with Crippen molar-refractivity contribution in [3.05, 3.63) is 72.9 Å². The summed E-state index contributed by atoms with van der Waals surface area (Å²) in [5.74, 6) is -0.851. The molecule has 0 aromatic carbocycles. The van der Waals surface area contributed by atoms with E-state index < -0.39 is 6.10 Å². The standard InChI is InChI=1S/C77H138O6/c1-4-7-10-13-16-19-21-23-25-27-29-31-33-35-37-38-40-41-43-45-47-49-51-53-55-58-61-64-67-70-76(79)82-73-74(72-81-75(78)69-66-63-60-57-18-15-12-9-6-3)83-77(80)71-68-65-62-59-56-54-52-50-48-46-44-42-39-36-34-32-30-28-26-24-22-20-17-14-11-8-5-2/h8,11,17,20-21,23-24,26-27,29-30,32,74H,4-7,9-10,12-16,18-19,22,25,28,31,33-73H2,1-3H3/b11-8-,20-17-,23-21-,26-24-,29-27-,32-30-. The van der Waals surface area contributed by atoms with Gasteiger partial charge in [-0.2, -0.15) is 0 Å². The second-order valence-corrected chi connectivity index (χ2v) is 24.5. The summed E-state index contributed by atoms with van der Waals surface area (Å²) in [6.07, 6.45) is 93.8. The van der Waals surface area contributed by atoms with Crippen molar-refractivity contribution in [3.63, 3.8) is 0 Å². The first-order chi connectivity index (χ1) is 41.0. The van der Waals surface area contributed by atoms with Crippen molar-refractivity contribution in [2.24, 2.45) is 0 Å². The summed E-state index contributed by atoms with van der Waals surface area (Å²) in [5.41, 5.74) is 0. The maximum Gasteiger partial charge on any atom is 0.306 e. The van der Waals surface area contributed by atoms with Crippen LogP contribution >= 0.6 is 0 Å². The Morgan fingerprint density at radius 1 is 0.253 bits per heavy atom. The normalized spacial score (nSPS) is 12.5. The third-order valence-electron chi connectivity index (χ3n) is 16.2. The molecule has 6 nitrogen and oxygen atoms in total. The number of unbranched alkanes of at least 4 members (excludes halogenated alkanes) is 44. The zero-order chi connectivity index (χ0) is 59.9. The molecule has 482 valence electrons. The molecule has 1 atom stereocenters. The van der Waals surface area contributed by atoms with Gasteiger partial charge in [-0.3, -0.25) is 14.4 Å². The highest BCUT2D eigenvalue weighted by molar-refractivity contribution is 5.71. The monoisotopic (exact) mass is 1160 g/mol. The van der Waals surface area contributed by atoms with Gasteiger partial charge in [0.15, 0.2) is 6.10 Å².